The van der Waals surface area contributed by atoms with Crippen molar-refractivity contribution in [2.45, 2.75) is 72.3 Å². The molecule has 4 heteroatoms. The molecule has 124 valence electrons. The lowest BCUT2D eigenvalue weighted by Crippen LogP contribution is -2.29. The number of anilines is 1. The molecule has 0 radical (unpaired) electrons. The molecule has 1 amide bonds. The number of nitrogens with one attached hydrogen (secondary N) is 1. The highest BCUT2D eigenvalue weighted by molar-refractivity contribution is 9.10. The zero-order valence-electron chi connectivity index (χ0n) is 14.8. The van der Waals surface area contributed by atoms with Crippen molar-refractivity contribution < 1.29 is 9.53 Å². The Morgan fingerprint density at radius 1 is 1.18 bits per heavy atom. The van der Waals surface area contributed by atoms with Crippen molar-refractivity contribution in [2.75, 3.05) is 5.32 Å². The quantitative estimate of drug-likeness (QED) is 0.704. The molecule has 0 heterocycles. The number of amides is 1. The monoisotopic (exact) mass is 369 g/mol. The van der Waals surface area contributed by atoms with Crippen molar-refractivity contribution in [3.05, 3.63) is 27.7 Å². The van der Waals surface area contributed by atoms with Crippen LogP contribution in [0.4, 0.5) is 10.5 Å². The lowest BCUT2D eigenvalue weighted by atomic mass is 9.84. The van der Waals surface area contributed by atoms with Gasteiger partial charge in [0.2, 0.25) is 0 Å². The van der Waals surface area contributed by atoms with E-state index >= 15 is 0 Å². The SMILES string of the molecule is CCCc1ccc(Br)c(C(C)(C)C)c1NC(=O)OC(C)(C)C. The summed E-state index contributed by atoms with van der Waals surface area (Å²) >= 11 is 3.63. The number of hydrogen-bond acceptors (Lipinski definition) is 2. The first kappa shape index (κ1) is 19.0. The first-order valence-electron chi connectivity index (χ1n) is 7.77. The molecule has 22 heavy (non-hydrogen) atoms. The molecule has 0 aliphatic carbocycles. The number of rotatable bonds is 3. The van der Waals surface area contributed by atoms with Crippen molar-refractivity contribution in [2.24, 2.45) is 0 Å². The minimum atomic E-state index is -0.511. The number of hydrogen-bond donors (Lipinski definition) is 1. The third kappa shape index (κ3) is 5.31. The fourth-order valence-electron chi connectivity index (χ4n) is 2.38. The summed E-state index contributed by atoms with van der Waals surface area (Å²) in [5, 5.41) is 2.98. The van der Waals surface area contributed by atoms with E-state index in [1.807, 2.05) is 20.8 Å². The Balaban J connectivity index is 3.29. The number of benzene rings is 1. The Hall–Kier alpha value is -1.03. The third-order valence-corrected chi connectivity index (χ3v) is 3.80. The van der Waals surface area contributed by atoms with Crippen molar-refractivity contribution in [1.82, 2.24) is 0 Å². The molecule has 1 aromatic carbocycles. The van der Waals surface area contributed by atoms with Crippen LogP contribution in [-0.4, -0.2) is 11.7 Å². The van der Waals surface area contributed by atoms with Gasteiger partial charge in [-0.25, -0.2) is 4.79 Å². The van der Waals surface area contributed by atoms with Gasteiger partial charge in [-0.3, -0.25) is 5.32 Å². The molecule has 0 aliphatic rings. The van der Waals surface area contributed by atoms with Gasteiger partial charge in [0, 0.05) is 4.47 Å². The fraction of sp³-hybridized carbons (Fsp3) is 0.611. The summed E-state index contributed by atoms with van der Waals surface area (Å²) in [6.07, 6.45) is 1.53. The topological polar surface area (TPSA) is 38.3 Å². The van der Waals surface area contributed by atoms with Crippen LogP contribution in [0.1, 0.15) is 66.0 Å². The predicted octanol–water partition coefficient (Wildman–Crippen LogP) is 6.05. The second-order valence-corrected chi connectivity index (χ2v) is 8.44. The first-order valence-corrected chi connectivity index (χ1v) is 8.57. The first-order chi connectivity index (χ1) is 9.95. The maximum absolute atomic E-state index is 12.2. The Labute approximate surface area is 143 Å². The maximum atomic E-state index is 12.2. The van der Waals surface area contributed by atoms with Crippen molar-refractivity contribution in [1.29, 1.82) is 0 Å². The van der Waals surface area contributed by atoms with Crippen LogP contribution in [0, 0.1) is 0 Å². The van der Waals surface area contributed by atoms with E-state index in [4.69, 9.17) is 4.74 Å². The normalized spacial score (nSPS) is 12.2. The number of carbonyl (C=O) groups excluding carboxylic acids is 1. The Morgan fingerprint density at radius 2 is 1.77 bits per heavy atom. The van der Waals surface area contributed by atoms with Crippen LogP contribution >= 0.6 is 15.9 Å². The average molecular weight is 370 g/mol. The van der Waals surface area contributed by atoms with E-state index in [1.54, 1.807) is 0 Å². The van der Waals surface area contributed by atoms with Gasteiger partial charge in [0.1, 0.15) is 5.60 Å². The van der Waals surface area contributed by atoms with E-state index in [0.717, 1.165) is 34.1 Å². The van der Waals surface area contributed by atoms with Crippen LogP contribution in [0.3, 0.4) is 0 Å². The van der Waals surface area contributed by atoms with Crippen LogP contribution in [0.5, 0.6) is 0 Å². The van der Waals surface area contributed by atoms with Crippen LogP contribution in [0.25, 0.3) is 0 Å². The van der Waals surface area contributed by atoms with Crippen molar-refractivity contribution in [3.63, 3.8) is 0 Å². The van der Waals surface area contributed by atoms with Gasteiger partial charge in [-0.05, 0) is 49.8 Å². The molecule has 0 unspecified atom stereocenters. The smallest absolute Gasteiger partial charge is 0.412 e. The Kier molecular flexibility index (Phi) is 6.08. The average Bonchev–Trinajstić information content (AvgIpc) is 2.28. The van der Waals surface area contributed by atoms with E-state index in [2.05, 4.69) is 61.1 Å². The largest absolute Gasteiger partial charge is 0.444 e. The lowest BCUT2D eigenvalue weighted by Gasteiger charge is -2.28. The molecule has 0 atom stereocenters. The summed E-state index contributed by atoms with van der Waals surface area (Å²) in [6, 6.07) is 4.13. The minimum Gasteiger partial charge on any atom is -0.444 e. The van der Waals surface area contributed by atoms with Gasteiger partial charge in [0.05, 0.1) is 5.69 Å². The molecular weight excluding hydrogens is 342 g/mol. The van der Waals surface area contributed by atoms with Gasteiger partial charge in [0.15, 0.2) is 0 Å². The molecule has 1 rings (SSSR count). The lowest BCUT2D eigenvalue weighted by molar-refractivity contribution is 0.0635. The molecular formula is C18H28BrNO2. The zero-order valence-corrected chi connectivity index (χ0v) is 16.3. The summed E-state index contributed by atoms with van der Waals surface area (Å²) in [7, 11) is 0. The molecule has 0 bridgehead atoms. The molecule has 0 saturated heterocycles. The van der Waals surface area contributed by atoms with E-state index in [0.29, 0.717) is 0 Å². The van der Waals surface area contributed by atoms with E-state index in [1.165, 1.54) is 0 Å². The number of aryl methyl sites for hydroxylation is 1. The Bertz CT molecular complexity index is 539. The van der Waals surface area contributed by atoms with Crippen molar-refractivity contribution in [3.8, 4) is 0 Å². The van der Waals surface area contributed by atoms with Gasteiger partial charge in [-0.2, -0.15) is 0 Å². The molecule has 0 aliphatic heterocycles. The van der Waals surface area contributed by atoms with Gasteiger partial charge < -0.3 is 4.74 Å². The molecule has 0 spiro atoms. The van der Waals surface area contributed by atoms with Gasteiger partial charge in [-0.1, -0.05) is 56.1 Å². The minimum absolute atomic E-state index is 0.0903. The highest BCUT2D eigenvalue weighted by Gasteiger charge is 2.26. The molecule has 0 saturated carbocycles. The maximum Gasteiger partial charge on any atom is 0.412 e. The Morgan fingerprint density at radius 3 is 2.23 bits per heavy atom. The van der Waals surface area contributed by atoms with Crippen LogP contribution in [0.2, 0.25) is 0 Å². The highest BCUT2D eigenvalue weighted by atomic mass is 79.9. The summed E-state index contributed by atoms with van der Waals surface area (Å²) in [5.41, 5.74) is 2.51. The molecule has 1 N–H and O–H groups in total. The summed E-state index contributed by atoms with van der Waals surface area (Å²) < 4.78 is 6.42. The zero-order chi connectivity index (χ0) is 17.1. The summed E-state index contributed by atoms with van der Waals surface area (Å²) in [5.74, 6) is 0. The van der Waals surface area contributed by atoms with Crippen LogP contribution in [-0.2, 0) is 16.6 Å². The van der Waals surface area contributed by atoms with Gasteiger partial charge in [-0.15, -0.1) is 0 Å². The summed E-state index contributed by atoms with van der Waals surface area (Å²) in [4.78, 5) is 12.2. The van der Waals surface area contributed by atoms with Crippen LogP contribution in [0.15, 0.2) is 16.6 Å². The summed E-state index contributed by atoms with van der Waals surface area (Å²) in [6.45, 7) is 14.2. The van der Waals surface area contributed by atoms with E-state index in [9.17, 15) is 4.79 Å². The second-order valence-electron chi connectivity index (χ2n) is 7.58. The fourth-order valence-corrected chi connectivity index (χ4v) is 3.30. The molecule has 0 fully saturated rings. The molecule has 0 aromatic heterocycles. The standard InChI is InChI=1S/C18H28BrNO2/c1-8-9-12-10-11-13(19)14(17(2,3)4)15(12)20-16(21)22-18(5,6)7/h10-11H,8-9H2,1-7H3,(H,20,21). The molecule has 1 aromatic rings. The predicted molar refractivity (Wildman–Crippen MR) is 96.7 cm³/mol. The second kappa shape index (κ2) is 7.03. The third-order valence-electron chi connectivity index (χ3n) is 3.14. The number of carbonyl (C=O) groups is 1. The van der Waals surface area contributed by atoms with Crippen molar-refractivity contribution >= 4 is 27.7 Å². The van der Waals surface area contributed by atoms with Gasteiger partial charge in [0.25, 0.3) is 0 Å². The number of ether oxygens (including phenoxy) is 1. The van der Waals surface area contributed by atoms with Crippen LogP contribution < -0.4 is 5.32 Å². The van der Waals surface area contributed by atoms with Gasteiger partial charge >= 0.3 is 6.09 Å². The molecule has 3 nitrogen and oxygen atoms in total. The number of halogens is 1. The van der Waals surface area contributed by atoms with E-state index < -0.39 is 11.7 Å². The highest BCUT2D eigenvalue weighted by Crippen LogP contribution is 2.38. The van der Waals surface area contributed by atoms with E-state index in [-0.39, 0.29) is 5.41 Å².